The zero-order valence-electron chi connectivity index (χ0n) is 8.60. The average Bonchev–Trinajstić information content (AvgIpc) is 2.20. The molecule has 3 nitrogen and oxygen atoms in total. The highest BCUT2D eigenvalue weighted by atomic mass is 16.5. The summed E-state index contributed by atoms with van der Waals surface area (Å²) >= 11 is 0. The van der Waals surface area contributed by atoms with E-state index in [4.69, 9.17) is 10.5 Å². The minimum atomic E-state index is 0.222. The number of fused-ring (bicyclic) bond motifs is 1. The lowest BCUT2D eigenvalue weighted by Gasteiger charge is -2.34. The molecule has 1 aromatic heterocycles. The SMILES string of the molecule is C[C@H]1[C@H](CN)c2ncccc2O[C@@H]1C. The molecule has 0 amide bonds. The second-order valence-electron chi connectivity index (χ2n) is 3.91. The van der Waals surface area contributed by atoms with Crippen LogP contribution in [0.4, 0.5) is 0 Å². The Hall–Kier alpha value is -1.09. The fourth-order valence-corrected chi connectivity index (χ4v) is 1.99. The highest BCUT2D eigenvalue weighted by Gasteiger charge is 2.32. The van der Waals surface area contributed by atoms with Gasteiger partial charge in [-0.15, -0.1) is 0 Å². The Morgan fingerprint density at radius 2 is 2.29 bits per heavy atom. The molecule has 14 heavy (non-hydrogen) atoms. The molecule has 0 aliphatic carbocycles. The highest BCUT2D eigenvalue weighted by molar-refractivity contribution is 5.33. The van der Waals surface area contributed by atoms with Gasteiger partial charge in [0.05, 0.1) is 11.8 Å². The first-order valence-electron chi connectivity index (χ1n) is 5.05. The van der Waals surface area contributed by atoms with Gasteiger partial charge in [0.25, 0.3) is 0 Å². The Morgan fingerprint density at radius 3 is 3.00 bits per heavy atom. The van der Waals surface area contributed by atoms with E-state index in [2.05, 4.69) is 18.8 Å². The van der Waals surface area contributed by atoms with Crippen molar-refractivity contribution in [3.8, 4) is 5.75 Å². The van der Waals surface area contributed by atoms with Crippen LogP contribution in [0.2, 0.25) is 0 Å². The third-order valence-electron chi connectivity index (χ3n) is 3.09. The third-order valence-corrected chi connectivity index (χ3v) is 3.09. The minimum Gasteiger partial charge on any atom is -0.488 e. The van der Waals surface area contributed by atoms with Crippen LogP contribution >= 0.6 is 0 Å². The summed E-state index contributed by atoms with van der Waals surface area (Å²) in [5.74, 6) is 1.66. The molecule has 1 aliphatic heterocycles. The summed E-state index contributed by atoms with van der Waals surface area (Å²) in [7, 11) is 0. The van der Waals surface area contributed by atoms with E-state index in [-0.39, 0.29) is 6.10 Å². The van der Waals surface area contributed by atoms with Crippen LogP contribution in [-0.4, -0.2) is 17.6 Å². The lowest BCUT2D eigenvalue weighted by molar-refractivity contribution is 0.116. The lowest BCUT2D eigenvalue weighted by atomic mass is 9.84. The molecule has 3 heteroatoms. The van der Waals surface area contributed by atoms with E-state index in [1.165, 1.54) is 0 Å². The van der Waals surface area contributed by atoms with Crippen molar-refractivity contribution < 1.29 is 4.74 Å². The molecular formula is C11H16N2O. The van der Waals surface area contributed by atoms with Gasteiger partial charge >= 0.3 is 0 Å². The highest BCUT2D eigenvalue weighted by Crippen LogP contribution is 2.37. The second kappa shape index (κ2) is 3.58. The molecule has 3 atom stereocenters. The lowest BCUT2D eigenvalue weighted by Crippen LogP contribution is -2.35. The van der Waals surface area contributed by atoms with E-state index in [0.29, 0.717) is 18.4 Å². The zero-order chi connectivity index (χ0) is 10.1. The molecule has 0 saturated heterocycles. The van der Waals surface area contributed by atoms with Crippen molar-refractivity contribution in [2.45, 2.75) is 25.9 Å². The van der Waals surface area contributed by atoms with Crippen LogP contribution in [0.15, 0.2) is 18.3 Å². The van der Waals surface area contributed by atoms with Gasteiger partial charge in [0.2, 0.25) is 0 Å². The summed E-state index contributed by atoms with van der Waals surface area (Å²) in [5, 5.41) is 0. The molecule has 76 valence electrons. The Balaban J connectivity index is 2.42. The summed E-state index contributed by atoms with van der Waals surface area (Å²) < 4.78 is 5.76. The van der Waals surface area contributed by atoms with Gasteiger partial charge in [0, 0.05) is 24.6 Å². The fraction of sp³-hybridized carbons (Fsp3) is 0.545. The summed E-state index contributed by atoms with van der Waals surface area (Å²) in [6, 6.07) is 3.86. The quantitative estimate of drug-likeness (QED) is 0.734. The predicted molar refractivity (Wildman–Crippen MR) is 55.3 cm³/mol. The summed E-state index contributed by atoms with van der Waals surface area (Å²) in [6.45, 7) is 4.89. The summed E-state index contributed by atoms with van der Waals surface area (Å²) in [5.41, 5.74) is 6.79. The van der Waals surface area contributed by atoms with Crippen molar-refractivity contribution in [1.82, 2.24) is 4.98 Å². The molecule has 1 aromatic rings. The molecule has 0 unspecified atom stereocenters. The van der Waals surface area contributed by atoms with Crippen LogP contribution < -0.4 is 10.5 Å². The van der Waals surface area contributed by atoms with E-state index in [1.807, 2.05) is 12.1 Å². The molecule has 0 fully saturated rings. The van der Waals surface area contributed by atoms with Gasteiger partial charge in [-0.1, -0.05) is 6.92 Å². The summed E-state index contributed by atoms with van der Waals surface area (Å²) in [6.07, 6.45) is 2.02. The van der Waals surface area contributed by atoms with Crippen LogP contribution in [0.25, 0.3) is 0 Å². The third kappa shape index (κ3) is 1.38. The number of pyridine rings is 1. The maximum atomic E-state index is 5.78. The number of rotatable bonds is 1. The van der Waals surface area contributed by atoms with Gasteiger partial charge in [-0.3, -0.25) is 4.98 Å². The largest absolute Gasteiger partial charge is 0.488 e. The van der Waals surface area contributed by atoms with Gasteiger partial charge in [0.15, 0.2) is 0 Å². The fourth-order valence-electron chi connectivity index (χ4n) is 1.99. The van der Waals surface area contributed by atoms with E-state index in [1.54, 1.807) is 6.20 Å². The Bertz CT molecular complexity index is 327. The zero-order valence-corrected chi connectivity index (χ0v) is 8.60. The van der Waals surface area contributed by atoms with E-state index in [9.17, 15) is 0 Å². The first-order chi connectivity index (χ1) is 6.74. The molecule has 0 aromatic carbocycles. The Morgan fingerprint density at radius 1 is 1.50 bits per heavy atom. The van der Waals surface area contributed by atoms with Crippen molar-refractivity contribution in [3.63, 3.8) is 0 Å². The minimum absolute atomic E-state index is 0.222. The molecule has 0 saturated carbocycles. The summed E-state index contributed by atoms with van der Waals surface area (Å²) in [4.78, 5) is 4.35. The predicted octanol–water partition coefficient (Wildman–Crippen LogP) is 1.54. The standard InChI is InChI=1S/C11H16N2O/c1-7-8(2)14-10-4-3-5-13-11(10)9(7)6-12/h3-5,7-9H,6,12H2,1-2H3/t7-,8-,9+/m1/s1. The monoisotopic (exact) mass is 192 g/mol. The smallest absolute Gasteiger partial charge is 0.141 e. The molecule has 2 N–H and O–H groups in total. The van der Waals surface area contributed by atoms with Crippen molar-refractivity contribution >= 4 is 0 Å². The number of ether oxygens (including phenoxy) is 1. The topological polar surface area (TPSA) is 48.1 Å². The number of nitrogens with two attached hydrogens (primary N) is 1. The van der Waals surface area contributed by atoms with E-state index in [0.717, 1.165) is 11.4 Å². The number of nitrogens with zero attached hydrogens (tertiary/aromatic N) is 1. The van der Waals surface area contributed by atoms with E-state index < -0.39 is 0 Å². The van der Waals surface area contributed by atoms with Gasteiger partial charge in [0.1, 0.15) is 5.75 Å². The van der Waals surface area contributed by atoms with E-state index >= 15 is 0 Å². The molecule has 2 heterocycles. The normalized spacial score (nSPS) is 30.6. The van der Waals surface area contributed by atoms with Gasteiger partial charge < -0.3 is 10.5 Å². The number of hydrogen-bond acceptors (Lipinski definition) is 3. The van der Waals surface area contributed by atoms with Crippen LogP contribution in [0.1, 0.15) is 25.5 Å². The second-order valence-corrected chi connectivity index (χ2v) is 3.91. The Kier molecular flexibility index (Phi) is 2.42. The van der Waals surface area contributed by atoms with Crippen molar-refractivity contribution in [1.29, 1.82) is 0 Å². The molecular weight excluding hydrogens is 176 g/mol. The Labute approximate surface area is 84.3 Å². The van der Waals surface area contributed by atoms with Crippen LogP contribution in [0, 0.1) is 5.92 Å². The maximum Gasteiger partial charge on any atom is 0.141 e. The molecule has 0 bridgehead atoms. The first-order valence-corrected chi connectivity index (χ1v) is 5.05. The average molecular weight is 192 g/mol. The molecule has 0 spiro atoms. The van der Waals surface area contributed by atoms with Gasteiger partial charge in [-0.05, 0) is 19.1 Å². The van der Waals surface area contributed by atoms with Gasteiger partial charge in [-0.2, -0.15) is 0 Å². The maximum absolute atomic E-state index is 5.78. The molecule has 2 rings (SSSR count). The van der Waals surface area contributed by atoms with Gasteiger partial charge in [-0.25, -0.2) is 0 Å². The van der Waals surface area contributed by atoms with Crippen molar-refractivity contribution in [3.05, 3.63) is 24.0 Å². The van der Waals surface area contributed by atoms with Crippen molar-refractivity contribution in [2.75, 3.05) is 6.54 Å². The van der Waals surface area contributed by atoms with Crippen LogP contribution in [-0.2, 0) is 0 Å². The van der Waals surface area contributed by atoms with Crippen molar-refractivity contribution in [2.24, 2.45) is 11.7 Å². The van der Waals surface area contributed by atoms with Crippen LogP contribution in [0.3, 0.4) is 0 Å². The van der Waals surface area contributed by atoms with Crippen LogP contribution in [0.5, 0.6) is 5.75 Å². The first kappa shape index (κ1) is 9.46. The number of hydrogen-bond donors (Lipinski definition) is 1. The molecule has 0 radical (unpaired) electrons. The molecule has 1 aliphatic rings. The number of aromatic nitrogens is 1.